The first-order chi connectivity index (χ1) is 6.56. The monoisotopic (exact) mass is 217 g/mol. The summed E-state index contributed by atoms with van der Waals surface area (Å²) in [6.07, 6.45) is 2.52. The van der Waals surface area contributed by atoms with E-state index in [1.54, 1.807) is 0 Å². The zero-order valence-corrected chi connectivity index (χ0v) is 10.3. The maximum absolute atomic E-state index is 9.30. The van der Waals surface area contributed by atoms with Crippen LogP contribution in [0, 0.1) is 11.8 Å². The summed E-state index contributed by atoms with van der Waals surface area (Å²) in [5.41, 5.74) is 6.10. The third-order valence-corrected chi connectivity index (χ3v) is 4.89. The molecule has 0 aromatic rings. The summed E-state index contributed by atoms with van der Waals surface area (Å²) in [5, 5.41) is 10.1. The van der Waals surface area contributed by atoms with Crippen LogP contribution in [0.25, 0.3) is 0 Å². The molecule has 0 saturated heterocycles. The van der Waals surface area contributed by atoms with Gasteiger partial charge in [0.15, 0.2) is 0 Å². The minimum Gasteiger partial charge on any atom is -0.395 e. The van der Waals surface area contributed by atoms with Crippen LogP contribution in [0.15, 0.2) is 0 Å². The lowest BCUT2D eigenvalue weighted by Crippen LogP contribution is -2.38. The van der Waals surface area contributed by atoms with Gasteiger partial charge in [-0.25, -0.2) is 0 Å². The maximum atomic E-state index is 9.30. The Hall–Kier alpha value is 0.270. The second-order valence-electron chi connectivity index (χ2n) is 4.72. The molecule has 0 heterocycles. The van der Waals surface area contributed by atoms with E-state index in [4.69, 9.17) is 5.73 Å². The molecule has 1 rings (SSSR count). The average Bonchev–Trinajstić information content (AvgIpc) is 2.95. The first-order valence-corrected chi connectivity index (χ1v) is 6.52. The normalized spacial score (nSPS) is 23.6. The smallest absolute Gasteiger partial charge is 0.0565 e. The van der Waals surface area contributed by atoms with Crippen molar-refractivity contribution in [2.75, 3.05) is 6.61 Å². The lowest BCUT2D eigenvalue weighted by molar-refractivity contribution is 0.276. The van der Waals surface area contributed by atoms with Gasteiger partial charge in [-0.15, -0.1) is 0 Å². The van der Waals surface area contributed by atoms with Crippen LogP contribution in [0.3, 0.4) is 0 Å². The second kappa shape index (κ2) is 5.38. The summed E-state index contributed by atoms with van der Waals surface area (Å²) in [7, 11) is 0. The average molecular weight is 217 g/mol. The molecule has 0 radical (unpaired) electrons. The van der Waals surface area contributed by atoms with Gasteiger partial charge in [0, 0.05) is 16.5 Å². The molecule has 2 nitrogen and oxygen atoms in total. The quantitative estimate of drug-likeness (QED) is 0.714. The molecule has 84 valence electrons. The van der Waals surface area contributed by atoms with E-state index in [1.165, 1.54) is 12.8 Å². The Morgan fingerprint density at radius 3 is 2.29 bits per heavy atom. The third-order valence-electron chi connectivity index (χ3n) is 3.10. The molecule has 1 aliphatic rings. The maximum Gasteiger partial charge on any atom is 0.0565 e. The summed E-state index contributed by atoms with van der Waals surface area (Å²) in [6, 6.07) is 0.200. The first-order valence-electron chi connectivity index (χ1n) is 5.58. The molecule has 0 amide bonds. The van der Waals surface area contributed by atoms with E-state index in [-0.39, 0.29) is 17.9 Å². The number of thioether (sulfide) groups is 1. The van der Waals surface area contributed by atoms with Crippen LogP contribution in [-0.2, 0) is 0 Å². The number of aliphatic hydroxyl groups excluding tert-OH is 1. The summed E-state index contributed by atoms with van der Waals surface area (Å²) < 4.78 is 0. The minimum absolute atomic E-state index is 0.200. The predicted octanol–water partition coefficient (Wildman–Crippen LogP) is 1.86. The van der Waals surface area contributed by atoms with Crippen LogP contribution < -0.4 is 5.73 Å². The van der Waals surface area contributed by atoms with Crippen LogP contribution >= 0.6 is 11.8 Å². The molecular formula is C11H23NOS. The Morgan fingerprint density at radius 1 is 1.36 bits per heavy atom. The lowest BCUT2D eigenvalue weighted by atomic mass is 10.1. The van der Waals surface area contributed by atoms with Crippen molar-refractivity contribution in [1.29, 1.82) is 0 Å². The fraction of sp³-hybridized carbons (Fsp3) is 1.00. The van der Waals surface area contributed by atoms with E-state index < -0.39 is 0 Å². The topological polar surface area (TPSA) is 46.2 Å². The SMILES string of the molecule is CC(C)C(C)SC(CO)C(N)C1CC1. The molecule has 3 N–H and O–H groups in total. The predicted molar refractivity (Wildman–Crippen MR) is 63.5 cm³/mol. The fourth-order valence-electron chi connectivity index (χ4n) is 1.47. The van der Waals surface area contributed by atoms with Gasteiger partial charge in [-0.3, -0.25) is 0 Å². The Kier molecular flexibility index (Phi) is 4.74. The molecule has 0 aliphatic heterocycles. The summed E-state index contributed by atoms with van der Waals surface area (Å²) in [5.74, 6) is 1.33. The van der Waals surface area contributed by atoms with E-state index in [0.717, 1.165) is 0 Å². The number of rotatable bonds is 6. The molecule has 3 atom stereocenters. The molecule has 14 heavy (non-hydrogen) atoms. The highest BCUT2D eigenvalue weighted by molar-refractivity contribution is 8.00. The van der Waals surface area contributed by atoms with Crippen molar-refractivity contribution in [3.05, 3.63) is 0 Å². The Morgan fingerprint density at radius 2 is 1.93 bits per heavy atom. The minimum atomic E-state index is 0.200. The molecule has 0 aromatic carbocycles. The van der Waals surface area contributed by atoms with E-state index in [1.807, 2.05) is 11.8 Å². The molecular weight excluding hydrogens is 194 g/mol. The number of hydrogen-bond acceptors (Lipinski definition) is 3. The highest BCUT2D eigenvalue weighted by atomic mass is 32.2. The van der Waals surface area contributed by atoms with Crippen molar-refractivity contribution in [2.24, 2.45) is 17.6 Å². The van der Waals surface area contributed by atoms with Crippen molar-refractivity contribution >= 4 is 11.8 Å². The molecule has 1 aliphatic carbocycles. The molecule has 0 spiro atoms. The van der Waals surface area contributed by atoms with E-state index in [9.17, 15) is 5.11 Å². The Bertz CT molecular complexity index is 171. The number of nitrogens with two attached hydrogens (primary N) is 1. The van der Waals surface area contributed by atoms with Crippen LogP contribution in [0.5, 0.6) is 0 Å². The highest BCUT2D eigenvalue weighted by Gasteiger charge is 2.34. The van der Waals surface area contributed by atoms with Gasteiger partial charge in [0.1, 0.15) is 0 Å². The fourth-order valence-corrected chi connectivity index (χ4v) is 2.83. The van der Waals surface area contributed by atoms with Gasteiger partial charge in [0.2, 0.25) is 0 Å². The Balaban J connectivity index is 2.36. The van der Waals surface area contributed by atoms with E-state index in [2.05, 4.69) is 20.8 Å². The summed E-state index contributed by atoms with van der Waals surface area (Å²) in [6.45, 7) is 6.88. The van der Waals surface area contributed by atoms with Crippen LogP contribution in [0.2, 0.25) is 0 Å². The molecule has 0 bridgehead atoms. The second-order valence-corrected chi connectivity index (χ2v) is 6.34. The number of aliphatic hydroxyl groups is 1. The Labute approximate surface area is 91.6 Å². The molecule has 1 fully saturated rings. The largest absolute Gasteiger partial charge is 0.395 e. The van der Waals surface area contributed by atoms with Gasteiger partial charge in [-0.2, -0.15) is 11.8 Å². The van der Waals surface area contributed by atoms with Gasteiger partial charge < -0.3 is 10.8 Å². The number of hydrogen-bond donors (Lipinski definition) is 2. The summed E-state index contributed by atoms with van der Waals surface area (Å²) >= 11 is 1.85. The van der Waals surface area contributed by atoms with Gasteiger partial charge in [0.05, 0.1) is 6.61 Å². The first kappa shape index (κ1) is 12.3. The standard InChI is InChI=1S/C11H23NOS/c1-7(2)8(3)14-10(6-13)11(12)9-4-5-9/h7-11,13H,4-6,12H2,1-3H3. The van der Waals surface area contributed by atoms with Gasteiger partial charge >= 0.3 is 0 Å². The molecule has 3 heteroatoms. The van der Waals surface area contributed by atoms with Crippen molar-refractivity contribution in [2.45, 2.75) is 50.2 Å². The lowest BCUT2D eigenvalue weighted by Gasteiger charge is -2.26. The molecule has 3 unspecified atom stereocenters. The molecule has 0 aromatic heterocycles. The molecule has 1 saturated carbocycles. The van der Waals surface area contributed by atoms with E-state index >= 15 is 0 Å². The van der Waals surface area contributed by atoms with Crippen molar-refractivity contribution in [1.82, 2.24) is 0 Å². The van der Waals surface area contributed by atoms with E-state index in [0.29, 0.717) is 17.1 Å². The highest BCUT2D eigenvalue weighted by Crippen LogP contribution is 2.37. The third kappa shape index (κ3) is 3.44. The summed E-state index contributed by atoms with van der Waals surface area (Å²) in [4.78, 5) is 0. The van der Waals surface area contributed by atoms with Gasteiger partial charge in [-0.05, 0) is 24.7 Å². The van der Waals surface area contributed by atoms with Crippen molar-refractivity contribution in [3.8, 4) is 0 Å². The van der Waals surface area contributed by atoms with Crippen LogP contribution in [0.4, 0.5) is 0 Å². The van der Waals surface area contributed by atoms with Gasteiger partial charge in [0.25, 0.3) is 0 Å². The van der Waals surface area contributed by atoms with Gasteiger partial charge in [-0.1, -0.05) is 20.8 Å². The van der Waals surface area contributed by atoms with Crippen molar-refractivity contribution in [3.63, 3.8) is 0 Å². The zero-order valence-electron chi connectivity index (χ0n) is 9.44. The van der Waals surface area contributed by atoms with Crippen molar-refractivity contribution < 1.29 is 5.11 Å². The zero-order chi connectivity index (χ0) is 10.7. The van der Waals surface area contributed by atoms with Crippen LogP contribution in [-0.4, -0.2) is 28.3 Å². The van der Waals surface area contributed by atoms with Crippen LogP contribution in [0.1, 0.15) is 33.6 Å².